The molecular formula is C38H50N4O3. The molecule has 7 nitrogen and oxygen atoms in total. The quantitative estimate of drug-likeness (QED) is 0.131. The molecule has 2 aromatic carbocycles. The van der Waals surface area contributed by atoms with Crippen LogP contribution < -0.4 is 20.9 Å². The first kappa shape index (κ1) is 33.8. The average Bonchev–Trinajstić information content (AvgIpc) is 3.03. The number of nitrogens with zero attached hydrogens (tertiary/aromatic N) is 2. The summed E-state index contributed by atoms with van der Waals surface area (Å²) in [6.07, 6.45) is 11.1. The second-order valence-electron chi connectivity index (χ2n) is 12.5. The van der Waals surface area contributed by atoms with Crippen LogP contribution in [0, 0.1) is 0 Å². The normalized spacial score (nSPS) is 11.4. The fourth-order valence-electron chi connectivity index (χ4n) is 6.04. The molecule has 0 spiro atoms. The van der Waals surface area contributed by atoms with Crippen LogP contribution in [0.2, 0.25) is 0 Å². The van der Waals surface area contributed by atoms with E-state index in [0.29, 0.717) is 23.5 Å². The van der Waals surface area contributed by atoms with E-state index in [2.05, 4.69) is 50.2 Å². The van der Waals surface area contributed by atoms with Gasteiger partial charge in [0.2, 0.25) is 0 Å². The largest absolute Gasteiger partial charge is 0.497 e. The Morgan fingerprint density at radius 1 is 0.822 bits per heavy atom. The average molecular weight is 611 g/mol. The highest BCUT2D eigenvalue weighted by molar-refractivity contribution is 6.07. The van der Waals surface area contributed by atoms with Gasteiger partial charge >= 0.3 is 6.03 Å². The number of aryl methyl sites for hydroxylation is 1. The lowest BCUT2D eigenvalue weighted by atomic mass is 9.93. The molecule has 0 fully saturated rings. The van der Waals surface area contributed by atoms with Gasteiger partial charge in [0.25, 0.3) is 5.56 Å². The molecule has 0 saturated heterocycles. The molecule has 0 aliphatic carbocycles. The van der Waals surface area contributed by atoms with Crippen LogP contribution in [0.15, 0.2) is 65.6 Å². The summed E-state index contributed by atoms with van der Waals surface area (Å²) < 4.78 is 7.25. The molecule has 0 saturated carbocycles. The van der Waals surface area contributed by atoms with Gasteiger partial charge in [0.05, 0.1) is 7.11 Å². The van der Waals surface area contributed by atoms with E-state index in [1.165, 1.54) is 32.1 Å². The number of ether oxygens (including phenoxy) is 1. The van der Waals surface area contributed by atoms with Crippen LogP contribution >= 0.6 is 0 Å². The van der Waals surface area contributed by atoms with Crippen molar-refractivity contribution in [3.8, 4) is 16.9 Å². The Balaban J connectivity index is 1.75. The predicted molar refractivity (Wildman–Crippen MR) is 188 cm³/mol. The van der Waals surface area contributed by atoms with Crippen LogP contribution in [-0.2, 0) is 6.54 Å². The summed E-state index contributed by atoms with van der Waals surface area (Å²) in [5.74, 6) is 1.08. The van der Waals surface area contributed by atoms with Crippen molar-refractivity contribution < 1.29 is 9.53 Å². The fraction of sp³-hybridized carbons (Fsp3) is 0.447. The van der Waals surface area contributed by atoms with Crippen molar-refractivity contribution >= 4 is 28.4 Å². The number of aromatic nitrogens is 2. The Bertz CT molecular complexity index is 1610. The lowest BCUT2D eigenvalue weighted by Gasteiger charge is -2.22. The van der Waals surface area contributed by atoms with E-state index in [1.54, 1.807) is 17.9 Å². The first-order chi connectivity index (χ1) is 21.8. The van der Waals surface area contributed by atoms with E-state index < -0.39 is 6.03 Å². The van der Waals surface area contributed by atoms with Crippen molar-refractivity contribution in [1.29, 1.82) is 0 Å². The number of methoxy groups -OCH3 is 1. The van der Waals surface area contributed by atoms with Crippen LogP contribution in [-0.4, -0.2) is 22.7 Å². The maximum Gasteiger partial charge on any atom is 0.323 e. The number of anilines is 2. The third-order valence-electron chi connectivity index (χ3n) is 8.46. The number of carbonyl (C=O) groups excluding carboxylic acids is 1. The first-order valence-corrected chi connectivity index (χ1v) is 16.6. The topological polar surface area (TPSA) is 85.2 Å². The number of nitrogens with one attached hydrogen (secondary N) is 2. The summed E-state index contributed by atoms with van der Waals surface area (Å²) in [7, 11) is 1.62. The number of urea groups is 1. The number of hydrogen-bond donors (Lipinski definition) is 2. The molecule has 4 aromatic rings. The monoisotopic (exact) mass is 610 g/mol. The number of para-hydroxylation sites is 1. The van der Waals surface area contributed by atoms with E-state index in [9.17, 15) is 9.59 Å². The third kappa shape index (κ3) is 8.33. The molecule has 7 heteroatoms. The van der Waals surface area contributed by atoms with E-state index in [0.717, 1.165) is 47.0 Å². The van der Waals surface area contributed by atoms with Gasteiger partial charge in [0, 0.05) is 29.4 Å². The van der Waals surface area contributed by atoms with E-state index in [4.69, 9.17) is 4.74 Å². The highest BCUT2D eigenvalue weighted by atomic mass is 16.5. The van der Waals surface area contributed by atoms with Crippen LogP contribution in [0.5, 0.6) is 5.75 Å². The van der Waals surface area contributed by atoms with Crippen LogP contribution in [0.4, 0.5) is 16.2 Å². The number of carbonyl (C=O) groups is 1. The van der Waals surface area contributed by atoms with Crippen LogP contribution in [0.25, 0.3) is 22.2 Å². The summed E-state index contributed by atoms with van der Waals surface area (Å²) >= 11 is 0. The molecule has 2 amide bonds. The van der Waals surface area contributed by atoms with Crippen LogP contribution in [0.1, 0.15) is 109 Å². The Morgan fingerprint density at radius 2 is 1.44 bits per heavy atom. The Hall–Kier alpha value is -4.13. The lowest BCUT2D eigenvalue weighted by molar-refractivity contribution is 0.262. The van der Waals surface area contributed by atoms with Crippen molar-refractivity contribution in [2.75, 3.05) is 17.7 Å². The SMILES string of the molecule is CCCCCCCCCCn1c(=O)c(NC(=O)Nc2c(C(C)C)cccc2C(C)C)c(-c2cccc(OC)c2)c2cccnc21. The zero-order valence-corrected chi connectivity index (χ0v) is 27.9. The standard InChI is InChI=1S/C38H50N4O3/c1-7-8-9-10-11-12-13-14-24-42-36-32(22-17-23-39-36)33(28-18-15-19-29(25-28)45-6)35(37(42)43)41-38(44)40-34-30(26(2)3)20-16-21-31(34)27(4)5/h15-23,25-27H,7-14,24H2,1-6H3,(H2,40,41,44). The van der Waals surface area contributed by atoms with Gasteiger partial charge in [-0.05, 0) is 59.2 Å². The van der Waals surface area contributed by atoms with Gasteiger partial charge in [-0.1, -0.05) is 110 Å². The number of unbranched alkanes of at least 4 members (excludes halogenated alkanes) is 7. The molecule has 0 atom stereocenters. The second kappa shape index (κ2) is 16.3. The molecule has 2 heterocycles. The molecule has 4 rings (SSSR count). The molecule has 0 bridgehead atoms. The molecule has 0 aliphatic heterocycles. The first-order valence-electron chi connectivity index (χ1n) is 16.6. The summed E-state index contributed by atoms with van der Waals surface area (Å²) in [4.78, 5) is 32.9. The van der Waals surface area contributed by atoms with Crippen LogP contribution in [0.3, 0.4) is 0 Å². The molecule has 240 valence electrons. The number of pyridine rings is 2. The highest BCUT2D eigenvalue weighted by Gasteiger charge is 2.23. The van der Waals surface area contributed by atoms with Gasteiger partial charge in [0.1, 0.15) is 17.1 Å². The van der Waals surface area contributed by atoms with Gasteiger partial charge in [-0.15, -0.1) is 0 Å². The number of rotatable bonds is 15. The van der Waals surface area contributed by atoms with Gasteiger partial charge < -0.3 is 15.4 Å². The smallest absolute Gasteiger partial charge is 0.323 e. The maximum atomic E-state index is 14.4. The highest BCUT2D eigenvalue weighted by Crippen LogP contribution is 2.36. The summed E-state index contributed by atoms with van der Waals surface area (Å²) in [5.41, 5.74) is 4.88. The minimum Gasteiger partial charge on any atom is -0.497 e. The van der Waals surface area contributed by atoms with Crippen molar-refractivity contribution in [1.82, 2.24) is 9.55 Å². The zero-order valence-electron chi connectivity index (χ0n) is 27.9. The van der Waals surface area contributed by atoms with E-state index in [1.807, 2.05) is 54.6 Å². The lowest BCUT2D eigenvalue weighted by Crippen LogP contribution is -2.30. The van der Waals surface area contributed by atoms with E-state index in [-0.39, 0.29) is 23.1 Å². The molecule has 2 aromatic heterocycles. The number of amides is 2. The molecule has 2 N–H and O–H groups in total. The predicted octanol–water partition coefficient (Wildman–Crippen LogP) is 10.1. The van der Waals surface area contributed by atoms with Crippen molar-refractivity contribution in [2.45, 2.75) is 104 Å². The minimum absolute atomic E-state index is 0.210. The minimum atomic E-state index is -0.451. The summed E-state index contributed by atoms with van der Waals surface area (Å²) in [6.45, 7) is 11.2. The number of benzene rings is 2. The zero-order chi connectivity index (χ0) is 32.3. The van der Waals surface area contributed by atoms with Crippen molar-refractivity contribution in [2.24, 2.45) is 0 Å². The van der Waals surface area contributed by atoms with E-state index >= 15 is 0 Å². The summed E-state index contributed by atoms with van der Waals surface area (Å²) in [5, 5.41) is 6.93. The summed E-state index contributed by atoms with van der Waals surface area (Å²) in [6, 6.07) is 17.1. The molecular weight excluding hydrogens is 560 g/mol. The van der Waals surface area contributed by atoms with Crippen molar-refractivity contribution in [3.05, 3.63) is 82.3 Å². The molecule has 0 unspecified atom stereocenters. The second-order valence-corrected chi connectivity index (χ2v) is 12.5. The van der Waals surface area contributed by atoms with Gasteiger partial charge in [-0.25, -0.2) is 9.78 Å². The van der Waals surface area contributed by atoms with Crippen molar-refractivity contribution in [3.63, 3.8) is 0 Å². The van der Waals surface area contributed by atoms with Gasteiger partial charge in [-0.2, -0.15) is 0 Å². The molecule has 0 radical (unpaired) electrons. The Kier molecular flexibility index (Phi) is 12.2. The Morgan fingerprint density at radius 3 is 2.09 bits per heavy atom. The number of hydrogen-bond acceptors (Lipinski definition) is 4. The fourth-order valence-corrected chi connectivity index (χ4v) is 6.04. The number of fused-ring (bicyclic) bond motifs is 1. The third-order valence-corrected chi connectivity index (χ3v) is 8.46. The maximum absolute atomic E-state index is 14.4. The van der Waals surface area contributed by atoms with Gasteiger partial charge in [0.15, 0.2) is 0 Å². The molecule has 45 heavy (non-hydrogen) atoms. The molecule has 0 aliphatic rings. The Labute approximate surface area is 268 Å². The van der Waals surface area contributed by atoms with Gasteiger partial charge in [-0.3, -0.25) is 9.36 Å².